The summed E-state index contributed by atoms with van der Waals surface area (Å²) in [5.74, 6) is 0.447. The molecule has 0 unspecified atom stereocenters. The number of hydrogen-bond donors (Lipinski definition) is 1. The zero-order chi connectivity index (χ0) is 24.8. The second-order valence-corrected chi connectivity index (χ2v) is 9.07. The average molecular weight is 480 g/mol. The molecule has 2 aliphatic heterocycles. The van der Waals surface area contributed by atoms with E-state index < -0.39 is 12.0 Å². The summed E-state index contributed by atoms with van der Waals surface area (Å²) in [5.41, 5.74) is 2.14. The van der Waals surface area contributed by atoms with Crippen molar-refractivity contribution in [3.63, 3.8) is 0 Å². The fraction of sp³-hybridized carbons (Fsp3) is 0.444. The Kier molecular flexibility index (Phi) is 8.15. The summed E-state index contributed by atoms with van der Waals surface area (Å²) >= 11 is 0. The first-order valence-corrected chi connectivity index (χ1v) is 12.2. The van der Waals surface area contributed by atoms with E-state index in [9.17, 15) is 14.4 Å². The van der Waals surface area contributed by atoms with E-state index in [1.165, 1.54) is 10.5 Å². The summed E-state index contributed by atoms with van der Waals surface area (Å²) in [7, 11) is 1.67. The first kappa shape index (κ1) is 24.9. The Morgan fingerprint density at radius 2 is 1.71 bits per heavy atom. The highest BCUT2D eigenvalue weighted by molar-refractivity contribution is 6.22. The molecule has 2 amide bonds. The number of benzene rings is 2. The van der Waals surface area contributed by atoms with Crippen LogP contribution >= 0.6 is 0 Å². The van der Waals surface area contributed by atoms with Gasteiger partial charge in [-0.05, 0) is 87.3 Å². The van der Waals surface area contributed by atoms with Gasteiger partial charge in [-0.1, -0.05) is 12.1 Å². The van der Waals surface area contributed by atoms with E-state index in [0.717, 1.165) is 44.8 Å². The number of anilines is 1. The molecular weight excluding hydrogens is 446 g/mol. The summed E-state index contributed by atoms with van der Waals surface area (Å²) in [6.45, 7) is 5.69. The maximum absolute atomic E-state index is 12.9. The van der Waals surface area contributed by atoms with Gasteiger partial charge in [0.1, 0.15) is 5.75 Å². The predicted molar refractivity (Wildman–Crippen MR) is 132 cm³/mol. The monoisotopic (exact) mass is 479 g/mol. The van der Waals surface area contributed by atoms with Crippen molar-refractivity contribution < 1.29 is 23.9 Å². The number of ether oxygens (including phenoxy) is 2. The van der Waals surface area contributed by atoms with Crippen molar-refractivity contribution in [1.82, 2.24) is 10.2 Å². The number of likely N-dealkylation sites (tertiary alicyclic amines) is 1. The first-order chi connectivity index (χ1) is 17.0. The van der Waals surface area contributed by atoms with E-state index in [4.69, 9.17) is 9.47 Å². The maximum atomic E-state index is 12.9. The third-order valence-corrected chi connectivity index (χ3v) is 6.71. The molecule has 8 nitrogen and oxygen atoms in total. The molecule has 2 heterocycles. The lowest BCUT2D eigenvalue weighted by Gasteiger charge is -2.32. The van der Waals surface area contributed by atoms with Gasteiger partial charge in [-0.3, -0.25) is 14.5 Å². The second-order valence-electron chi connectivity index (χ2n) is 9.07. The maximum Gasteiger partial charge on any atom is 0.338 e. The van der Waals surface area contributed by atoms with E-state index in [0.29, 0.717) is 23.8 Å². The van der Waals surface area contributed by atoms with Crippen LogP contribution in [0.15, 0.2) is 48.5 Å². The number of nitrogens with zero attached hydrogens (tertiary/aromatic N) is 2. The SMILES string of the molecule is CCOC(=O)c1ccc(N2C(=O)C[C@@H](NCC3CCN(Cc4ccc(OC)cc4)CC3)C2=O)cc1. The summed E-state index contributed by atoms with van der Waals surface area (Å²) in [5, 5.41) is 3.34. The Morgan fingerprint density at radius 1 is 1.03 bits per heavy atom. The number of hydrogen-bond acceptors (Lipinski definition) is 7. The van der Waals surface area contributed by atoms with Crippen molar-refractivity contribution in [1.29, 1.82) is 0 Å². The van der Waals surface area contributed by atoms with Gasteiger partial charge in [-0.2, -0.15) is 0 Å². The Hall–Kier alpha value is -3.23. The Labute approximate surface area is 206 Å². The minimum atomic E-state index is -0.510. The third-order valence-electron chi connectivity index (χ3n) is 6.71. The molecule has 0 spiro atoms. The molecular formula is C27H33N3O5. The van der Waals surface area contributed by atoms with Crippen LogP contribution in [-0.4, -0.2) is 62.1 Å². The second kappa shape index (κ2) is 11.5. The van der Waals surface area contributed by atoms with Gasteiger partial charge >= 0.3 is 5.97 Å². The minimum Gasteiger partial charge on any atom is -0.497 e. The lowest BCUT2D eigenvalue weighted by molar-refractivity contribution is -0.121. The van der Waals surface area contributed by atoms with Gasteiger partial charge in [-0.25, -0.2) is 9.69 Å². The molecule has 1 atom stereocenters. The standard InChI is InChI=1S/C27H33N3O5/c1-3-35-27(33)21-6-8-22(9-7-21)30-25(31)16-24(26(30)32)28-17-19-12-14-29(15-13-19)18-20-4-10-23(34-2)11-5-20/h4-11,19,24,28H,3,12-18H2,1-2H3/t24-/m1/s1. The molecule has 0 radical (unpaired) electrons. The Balaban J connectivity index is 1.24. The smallest absolute Gasteiger partial charge is 0.338 e. The molecule has 0 aromatic heterocycles. The fourth-order valence-electron chi connectivity index (χ4n) is 4.67. The fourth-order valence-corrected chi connectivity index (χ4v) is 4.67. The molecule has 4 rings (SSSR count). The number of amides is 2. The van der Waals surface area contributed by atoms with Crippen LogP contribution in [0.1, 0.15) is 42.1 Å². The van der Waals surface area contributed by atoms with Crippen molar-refractivity contribution in [3.05, 3.63) is 59.7 Å². The largest absolute Gasteiger partial charge is 0.497 e. The molecule has 186 valence electrons. The van der Waals surface area contributed by atoms with Gasteiger partial charge in [-0.15, -0.1) is 0 Å². The Bertz CT molecular complexity index is 1030. The highest BCUT2D eigenvalue weighted by Gasteiger charge is 2.39. The van der Waals surface area contributed by atoms with E-state index in [1.807, 2.05) is 12.1 Å². The summed E-state index contributed by atoms with van der Waals surface area (Å²) in [4.78, 5) is 41.0. The number of esters is 1. The van der Waals surface area contributed by atoms with Crippen LogP contribution in [0.2, 0.25) is 0 Å². The van der Waals surface area contributed by atoms with Gasteiger partial charge in [0.15, 0.2) is 0 Å². The lowest BCUT2D eigenvalue weighted by Crippen LogP contribution is -2.43. The van der Waals surface area contributed by atoms with Crippen molar-refractivity contribution in [3.8, 4) is 5.75 Å². The van der Waals surface area contributed by atoms with Crippen LogP contribution in [-0.2, 0) is 20.9 Å². The van der Waals surface area contributed by atoms with Crippen LogP contribution < -0.4 is 15.0 Å². The van der Waals surface area contributed by atoms with Crippen molar-refractivity contribution >= 4 is 23.5 Å². The highest BCUT2D eigenvalue weighted by atomic mass is 16.5. The van der Waals surface area contributed by atoms with Gasteiger partial charge in [0.05, 0.1) is 37.4 Å². The van der Waals surface area contributed by atoms with Gasteiger partial charge in [0, 0.05) is 6.54 Å². The minimum absolute atomic E-state index is 0.148. The van der Waals surface area contributed by atoms with Crippen molar-refractivity contribution in [2.45, 2.75) is 38.8 Å². The summed E-state index contributed by atoms with van der Waals surface area (Å²) in [6.07, 6.45) is 2.25. The van der Waals surface area contributed by atoms with E-state index in [2.05, 4.69) is 22.3 Å². The van der Waals surface area contributed by atoms with Crippen LogP contribution in [0.4, 0.5) is 5.69 Å². The molecule has 0 aliphatic carbocycles. The number of carbonyl (C=O) groups excluding carboxylic acids is 3. The average Bonchev–Trinajstić information content (AvgIpc) is 3.17. The van der Waals surface area contributed by atoms with Crippen molar-refractivity contribution in [2.24, 2.45) is 5.92 Å². The van der Waals surface area contributed by atoms with Gasteiger partial charge in [0.25, 0.3) is 5.91 Å². The zero-order valence-electron chi connectivity index (χ0n) is 20.4. The number of piperidine rings is 1. The molecule has 2 aliphatic rings. The summed E-state index contributed by atoms with van der Waals surface area (Å²) in [6, 6.07) is 14.1. The molecule has 2 saturated heterocycles. The molecule has 2 fully saturated rings. The van der Waals surface area contributed by atoms with Gasteiger partial charge in [0.2, 0.25) is 5.91 Å². The van der Waals surface area contributed by atoms with Crippen LogP contribution in [0.5, 0.6) is 5.75 Å². The van der Waals surface area contributed by atoms with E-state index >= 15 is 0 Å². The Morgan fingerprint density at radius 3 is 2.34 bits per heavy atom. The number of methoxy groups -OCH3 is 1. The lowest BCUT2D eigenvalue weighted by atomic mass is 9.96. The predicted octanol–water partition coefficient (Wildman–Crippen LogP) is 3.01. The van der Waals surface area contributed by atoms with E-state index in [1.54, 1.807) is 38.3 Å². The van der Waals surface area contributed by atoms with E-state index in [-0.39, 0.29) is 18.2 Å². The molecule has 35 heavy (non-hydrogen) atoms. The molecule has 2 aromatic rings. The third kappa shape index (κ3) is 6.07. The van der Waals surface area contributed by atoms with Crippen LogP contribution in [0, 0.1) is 5.92 Å². The number of nitrogens with one attached hydrogen (secondary N) is 1. The molecule has 0 saturated carbocycles. The first-order valence-electron chi connectivity index (χ1n) is 12.2. The molecule has 0 bridgehead atoms. The van der Waals surface area contributed by atoms with Crippen molar-refractivity contribution in [2.75, 3.05) is 38.3 Å². The normalized spacial score (nSPS) is 19.3. The number of rotatable bonds is 9. The van der Waals surface area contributed by atoms with Crippen LogP contribution in [0.25, 0.3) is 0 Å². The summed E-state index contributed by atoms with van der Waals surface area (Å²) < 4.78 is 10.2. The van der Waals surface area contributed by atoms with Crippen LogP contribution in [0.3, 0.4) is 0 Å². The topological polar surface area (TPSA) is 88.2 Å². The van der Waals surface area contributed by atoms with Gasteiger partial charge < -0.3 is 14.8 Å². The zero-order valence-corrected chi connectivity index (χ0v) is 20.4. The quantitative estimate of drug-likeness (QED) is 0.437. The molecule has 8 heteroatoms. The number of carbonyl (C=O) groups is 3. The molecule has 2 aromatic carbocycles. The molecule has 1 N–H and O–H groups in total. The number of imide groups is 1. The highest BCUT2D eigenvalue weighted by Crippen LogP contribution is 2.25.